The second kappa shape index (κ2) is 9.58. The normalized spacial score (nSPS) is 21.8. The molecule has 0 radical (unpaired) electrons. The summed E-state index contributed by atoms with van der Waals surface area (Å²) in [5.74, 6) is 0.0139. The van der Waals surface area contributed by atoms with Gasteiger partial charge in [-0.25, -0.2) is 14.4 Å². The van der Waals surface area contributed by atoms with Crippen molar-refractivity contribution in [1.82, 2.24) is 16.1 Å². The molecule has 1 aromatic carbocycles. The van der Waals surface area contributed by atoms with Gasteiger partial charge in [0.05, 0.1) is 6.04 Å². The number of rotatable bonds is 5. The molecule has 3 atom stereocenters. The van der Waals surface area contributed by atoms with Crippen LogP contribution in [0.2, 0.25) is 0 Å². The number of amides is 1. The van der Waals surface area contributed by atoms with E-state index in [1.165, 1.54) is 0 Å². The van der Waals surface area contributed by atoms with Crippen LogP contribution in [-0.2, 0) is 25.5 Å². The standard InChI is InChI=1S/C24H35N3O6S/c1-22(2,3)31-19(28)24(7,33-27-21(29)32-23(4,5)6)18-11-9-15-12-14(8-10-17(15)30-18)16-13-25-20(34)26-16/h8,10,12,16,18H,9,11,13H2,1-7H3,(H,27,29)(H2,25,26,34)/t16?,18-,24?/m1/s1. The fourth-order valence-electron chi connectivity index (χ4n) is 3.73. The third-order valence-electron chi connectivity index (χ3n) is 5.37. The molecule has 0 bridgehead atoms. The molecule has 1 amide bonds. The van der Waals surface area contributed by atoms with E-state index < -0.39 is 35.0 Å². The third-order valence-corrected chi connectivity index (χ3v) is 5.63. The summed E-state index contributed by atoms with van der Waals surface area (Å²) in [6.07, 6.45) is -0.364. The molecule has 0 saturated carbocycles. The quantitative estimate of drug-likeness (QED) is 0.323. The van der Waals surface area contributed by atoms with Crippen molar-refractivity contribution in [2.45, 2.75) is 90.3 Å². The summed E-state index contributed by atoms with van der Waals surface area (Å²) in [7, 11) is 0. The molecule has 34 heavy (non-hydrogen) atoms. The number of carbonyl (C=O) groups excluding carboxylic acids is 2. The van der Waals surface area contributed by atoms with Gasteiger partial charge in [0, 0.05) is 6.54 Å². The average Bonchev–Trinajstić information content (AvgIpc) is 3.15. The maximum absolute atomic E-state index is 13.2. The second-order valence-corrected chi connectivity index (χ2v) is 11.1. The first kappa shape index (κ1) is 26.0. The van der Waals surface area contributed by atoms with Crippen LogP contribution in [0.4, 0.5) is 4.79 Å². The van der Waals surface area contributed by atoms with Crippen molar-refractivity contribution >= 4 is 29.4 Å². The largest absolute Gasteiger partial charge is 0.486 e. The molecular weight excluding hydrogens is 458 g/mol. The number of aryl methyl sites for hydroxylation is 1. The Morgan fingerprint density at radius 1 is 1.09 bits per heavy atom. The number of carbonyl (C=O) groups is 2. The molecule has 3 rings (SSSR count). The summed E-state index contributed by atoms with van der Waals surface area (Å²) in [6.45, 7) is 12.8. The van der Waals surface area contributed by atoms with E-state index in [2.05, 4.69) is 22.2 Å². The summed E-state index contributed by atoms with van der Waals surface area (Å²) < 4.78 is 17.1. The van der Waals surface area contributed by atoms with E-state index in [1.54, 1.807) is 48.5 Å². The number of thiocarbonyl (C=S) groups is 1. The SMILES string of the molecule is CC(C)(C)OC(=O)NOC(C)(C(=O)OC(C)(C)C)[C@H]1CCc2cc(C3CNC(=S)N3)ccc2O1. The van der Waals surface area contributed by atoms with E-state index in [0.29, 0.717) is 23.7 Å². The first-order valence-corrected chi connectivity index (χ1v) is 11.8. The topological polar surface area (TPSA) is 107 Å². The van der Waals surface area contributed by atoms with Crippen molar-refractivity contribution in [2.75, 3.05) is 6.54 Å². The minimum absolute atomic E-state index is 0.101. The van der Waals surface area contributed by atoms with Crippen LogP contribution in [0.15, 0.2) is 18.2 Å². The van der Waals surface area contributed by atoms with Gasteiger partial charge >= 0.3 is 12.1 Å². The first-order valence-electron chi connectivity index (χ1n) is 11.4. The van der Waals surface area contributed by atoms with Crippen LogP contribution in [0, 0.1) is 0 Å². The highest BCUT2D eigenvalue weighted by atomic mass is 32.1. The molecule has 10 heteroatoms. The molecule has 0 aliphatic carbocycles. The molecule has 3 N–H and O–H groups in total. The fourth-order valence-corrected chi connectivity index (χ4v) is 3.96. The molecule has 9 nitrogen and oxygen atoms in total. The van der Waals surface area contributed by atoms with Crippen molar-refractivity contribution in [2.24, 2.45) is 0 Å². The van der Waals surface area contributed by atoms with Gasteiger partial charge in [0.15, 0.2) is 5.11 Å². The van der Waals surface area contributed by atoms with Crippen molar-refractivity contribution in [3.8, 4) is 5.75 Å². The Bertz CT molecular complexity index is 955. The van der Waals surface area contributed by atoms with Gasteiger partial charge in [-0.3, -0.25) is 0 Å². The number of fused-ring (bicyclic) bond motifs is 1. The van der Waals surface area contributed by atoms with Crippen molar-refractivity contribution in [3.63, 3.8) is 0 Å². The minimum atomic E-state index is -1.61. The van der Waals surface area contributed by atoms with E-state index in [4.69, 9.17) is 31.3 Å². The van der Waals surface area contributed by atoms with Crippen molar-refractivity contribution < 1.29 is 28.6 Å². The van der Waals surface area contributed by atoms with Crippen LogP contribution in [0.25, 0.3) is 0 Å². The lowest BCUT2D eigenvalue weighted by Gasteiger charge is -2.39. The number of hydroxylamine groups is 1. The molecule has 2 unspecified atom stereocenters. The Morgan fingerprint density at radius 3 is 2.35 bits per heavy atom. The van der Waals surface area contributed by atoms with Crippen molar-refractivity contribution in [3.05, 3.63) is 29.3 Å². The maximum Gasteiger partial charge on any atom is 0.431 e. The molecule has 0 spiro atoms. The molecule has 0 aromatic heterocycles. The lowest BCUT2D eigenvalue weighted by molar-refractivity contribution is -0.205. The molecule has 1 fully saturated rings. The maximum atomic E-state index is 13.2. The highest BCUT2D eigenvalue weighted by molar-refractivity contribution is 7.80. The van der Waals surface area contributed by atoms with E-state index in [-0.39, 0.29) is 6.04 Å². The molecule has 1 aromatic rings. The van der Waals surface area contributed by atoms with Gasteiger partial charge < -0.3 is 24.8 Å². The van der Waals surface area contributed by atoms with E-state index in [9.17, 15) is 9.59 Å². The number of esters is 1. The van der Waals surface area contributed by atoms with Crippen molar-refractivity contribution in [1.29, 1.82) is 0 Å². The first-order chi connectivity index (χ1) is 15.7. The number of nitrogens with one attached hydrogen (secondary N) is 3. The van der Waals surface area contributed by atoms with Gasteiger partial charge in [0.2, 0.25) is 5.60 Å². The monoisotopic (exact) mass is 493 g/mol. The Labute approximate surface area is 206 Å². The van der Waals surface area contributed by atoms with Crippen LogP contribution in [-0.4, -0.2) is 46.6 Å². The highest BCUT2D eigenvalue weighted by Crippen LogP contribution is 2.36. The fraction of sp³-hybridized carbons (Fsp3) is 0.625. The Kier molecular flexibility index (Phi) is 7.33. The zero-order valence-corrected chi connectivity index (χ0v) is 21.7. The molecule has 1 saturated heterocycles. The number of benzene rings is 1. The molecule has 188 valence electrons. The number of ether oxygens (including phenoxy) is 3. The third kappa shape index (κ3) is 6.50. The van der Waals surface area contributed by atoms with Crippen LogP contribution < -0.4 is 20.9 Å². The van der Waals surface area contributed by atoms with Crippen LogP contribution in [0.1, 0.15) is 72.1 Å². The van der Waals surface area contributed by atoms with Crippen LogP contribution in [0.3, 0.4) is 0 Å². The van der Waals surface area contributed by atoms with Gasteiger partial charge in [0.25, 0.3) is 0 Å². The van der Waals surface area contributed by atoms with Crippen LogP contribution in [0.5, 0.6) is 5.75 Å². The predicted molar refractivity (Wildman–Crippen MR) is 130 cm³/mol. The van der Waals surface area contributed by atoms with Gasteiger partial charge in [-0.1, -0.05) is 6.07 Å². The molecule has 2 aliphatic heterocycles. The van der Waals surface area contributed by atoms with Gasteiger partial charge in [0.1, 0.15) is 23.1 Å². The zero-order chi connectivity index (χ0) is 25.3. The van der Waals surface area contributed by atoms with Gasteiger partial charge in [-0.05, 0) is 96.8 Å². The summed E-state index contributed by atoms with van der Waals surface area (Å²) >= 11 is 5.16. The molecule has 2 aliphatic rings. The zero-order valence-electron chi connectivity index (χ0n) is 20.9. The minimum Gasteiger partial charge on any atom is -0.486 e. The Hall–Kier alpha value is -2.59. The number of hydrogen-bond donors (Lipinski definition) is 3. The summed E-state index contributed by atoms with van der Waals surface area (Å²) in [5, 5.41) is 7.00. The average molecular weight is 494 g/mol. The summed E-state index contributed by atoms with van der Waals surface area (Å²) in [6, 6.07) is 6.04. The van der Waals surface area contributed by atoms with E-state index >= 15 is 0 Å². The summed E-state index contributed by atoms with van der Waals surface area (Å²) in [5.41, 5.74) is 1.30. The predicted octanol–water partition coefficient (Wildman–Crippen LogP) is 3.46. The van der Waals surface area contributed by atoms with Gasteiger partial charge in [-0.2, -0.15) is 5.48 Å². The lowest BCUT2D eigenvalue weighted by atomic mass is 9.89. The Morgan fingerprint density at radius 2 is 1.76 bits per heavy atom. The highest BCUT2D eigenvalue weighted by Gasteiger charge is 2.50. The number of hydrogen-bond acceptors (Lipinski definition) is 7. The second-order valence-electron chi connectivity index (χ2n) is 10.7. The van der Waals surface area contributed by atoms with E-state index in [1.807, 2.05) is 12.1 Å². The molecular formula is C24H35N3O6S. The van der Waals surface area contributed by atoms with Gasteiger partial charge in [-0.15, -0.1) is 0 Å². The Balaban J connectivity index is 1.79. The van der Waals surface area contributed by atoms with E-state index in [0.717, 1.165) is 17.7 Å². The molecule has 2 heterocycles. The lowest BCUT2D eigenvalue weighted by Crippen LogP contribution is -2.58. The smallest absolute Gasteiger partial charge is 0.431 e. The summed E-state index contributed by atoms with van der Waals surface area (Å²) in [4.78, 5) is 31.1. The van der Waals surface area contributed by atoms with Crippen LogP contribution >= 0.6 is 12.2 Å².